The SMILES string of the molecule is CCOc1ccc2c(c1)CC(C1Nc3cc(-c4ccncc4)cc(F)c3N1)CO2. The zero-order valence-corrected chi connectivity index (χ0v) is 16.1. The fourth-order valence-electron chi connectivity index (χ4n) is 4.04. The molecule has 0 spiro atoms. The maximum Gasteiger partial charge on any atom is 0.149 e. The second-order valence-electron chi connectivity index (χ2n) is 7.36. The molecule has 2 aliphatic rings. The number of fused-ring (bicyclic) bond motifs is 2. The molecule has 2 N–H and O–H groups in total. The van der Waals surface area contributed by atoms with Crippen LogP contribution in [0.3, 0.4) is 0 Å². The lowest BCUT2D eigenvalue weighted by Crippen LogP contribution is -2.39. The summed E-state index contributed by atoms with van der Waals surface area (Å²) in [5.74, 6) is 1.64. The molecule has 2 aromatic carbocycles. The third-order valence-corrected chi connectivity index (χ3v) is 5.46. The average Bonchev–Trinajstić information content (AvgIpc) is 3.19. The van der Waals surface area contributed by atoms with E-state index in [2.05, 4.69) is 15.6 Å². The van der Waals surface area contributed by atoms with Crippen molar-refractivity contribution < 1.29 is 13.9 Å². The van der Waals surface area contributed by atoms with Gasteiger partial charge in [0.1, 0.15) is 23.5 Å². The first kappa shape index (κ1) is 17.8. The average molecular weight is 391 g/mol. The number of nitrogens with one attached hydrogen (secondary N) is 2. The summed E-state index contributed by atoms with van der Waals surface area (Å²) in [6.07, 6.45) is 4.15. The van der Waals surface area contributed by atoms with E-state index in [9.17, 15) is 4.39 Å². The third kappa shape index (κ3) is 3.35. The molecule has 2 aliphatic heterocycles. The van der Waals surface area contributed by atoms with Gasteiger partial charge < -0.3 is 20.1 Å². The molecule has 0 bridgehead atoms. The maximum atomic E-state index is 14.8. The van der Waals surface area contributed by atoms with E-state index >= 15 is 0 Å². The molecule has 6 heteroatoms. The largest absolute Gasteiger partial charge is 0.494 e. The highest BCUT2D eigenvalue weighted by molar-refractivity contribution is 5.81. The highest BCUT2D eigenvalue weighted by atomic mass is 19.1. The monoisotopic (exact) mass is 391 g/mol. The van der Waals surface area contributed by atoms with Crippen molar-refractivity contribution in [2.24, 2.45) is 5.92 Å². The number of anilines is 2. The minimum atomic E-state index is -0.264. The second-order valence-corrected chi connectivity index (χ2v) is 7.36. The van der Waals surface area contributed by atoms with Gasteiger partial charge in [0, 0.05) is 18.3 Å². The van der Waals surface area contributed by atoms with Crippen molar-refractivity contribution in [3.63, 3.8) is 0 Å². The summed E-state index contributed by atoms with van der Waals surface area (Å²) in [5, 5.41) is 6.76. The molecule has 0 radical (unpaired) electrons. The van der Waals surface area contributed by atoms with Gasteiger partial charge >= 0.3 is 0 Å². The molecule has 29 heavy (non-hydrogen) atoms. The molecule has 148 valence electrons. The lowest BCUT2D eigenvalue weighted by molar-refractivity contribution is 0.212. The van der Waals surface area contributed by atoms with Gasteiger partial charge in [-0.15, -0.1) is 0 Å². The van der Waals surface area contributed by atoms with Gasteiger partial charge in [-0.25, -0.2) is 4.39 Å². The zero-order valence-electron chi connectivity index (χ0n) is 16.1. The predicted molar refractivity (Wildman–Crippen MR) is 111 cm³/mol. The highest BCUT2D eigenvalue weighted by Crippen LogP contribution is 2.40. The van der Waals surface area contributed by atoms with Crippen LogP contribution in [-0.2, 0) is 6.42 Å². The van der Waals surface area contributed by atoms with Crippen molar-refractivity contribution in [2.75, 3.05) is 23.8 Å². The molecule has 0 aliphatic carbocycles. The van der Waals surface area contributed by atoms with Crippen LogP contribution in [0, 0.1) is 11.7 Å². The van der Waals surface area contributed by atoms with Crippen molar-refractivity contribution in [3.8, 4) is 22.6 Å². The highest BCUT2D eigenvalue weighted by Gasteiger charge is 2.33. The molecule has 0 fully saturated rings. The lowest BCUT2D eigenvalue weighted by atomic mass is 9.94. The number of hydrogen-bond donors (Lipinski definition) is 2. The molecule has 2 atom stereocenters. The summed E-state index contributed by atoms with van der Waals surface area (Å²) < 4.78 is 26.4. The van der Waals surface area contributed by atoms with E-state index in [1.807, 2.05) is 43.3 Å². The Balaban J connectivity index is 1.37. The van der Waals surface area contributed by atoms with Gasteiger partial charge in [0.05, 0.1) is 24.6 Å². The number of hydrogen-bond acceptors (Lipinski definition) is 5. The Bertz CT molecular complexity index is 1040. The van der Waals surface area contributed by atoms with Crippen molar-refractivity contribution in [1.29, 1.82) is 0 Å². The van der Waals surface area contributed by atoms with E-state index in [1.165, 1.54) is 0 Å². The molecular formula is C23H22FN3O2. The number of pyridine rings is 1. The summed E-state index contributed by atoms with van der Waals surface area (Å²) in [6, 6.07) is 13.2. The second kappa shape index (κ2) is 7.28. The summed E-state index contributed by atoms with van der Waals surface area (Å²) >= 11 is 0. The first-order chi connectivity index (χ1) is 14.2. The third-order valence-electron chi connectivity index (χ3n) is 5.46. The Morgan fingerprint density at radius 2 is 1.97 bits per heavy atom. The number of benzene rings is 2. The molecule has 0 saturated heterocycles. The van der Waals surface area contributed by atoms with Crippen LogP contribution in [0.5, 0.6) is 11.5 Å². The fraction of sp³-hybridized carbons (Fsp3) is 0.261. The van der Waals surface area contributed by atoms with E-state index in [1.54, 1.807) is 18.5 Å². The molecule has 5 nitrogen and oxygen atoms in total. The topological polar surface area (TPSA) is 55.4 Å². The molecule has 0 amide bonds. The Morgan fingerprint density at radius 1 is 1.10 bits per heavy atom. The quantitative estimate of drug-likeness (QED) is 0.675. The molecule has 3 aromatic rings. The number of ether oxygens (including phenoxy) is 2. The Hall–Kier alpha value is -3.28. The summed E-state index contributed by atoms with van der Waals surface area (Å²) in [5.41, 5.74) is 4.16. The molecule has 3 heterocycles. The normalized spacial score (nSPS) is 19.4. The van der Waals surface area contributed by atoms with E-state index in [-0.39, 0.29) is 17.9 Å². The fourth-order valence-corrected chi connectivity index (χ4v) is 4.04. The van der Waals surface area contributed by atoms with Gasteiger partial charge in [-0.2, -0.15) is 0 Å². The first-order valence-corrected chi connectivity index (χ1v) is 9.87. The Morgan fingerprint density at radius 3 is 2.79 bits per heavy atom. The number of halogens is 1. The van der Waals surface area contributed by atoms with E-state index in [0.29, 0.717) is 18.9 Å². The summed E-state index contributed by atoms with van der Waals surface area (Å²) in [7, 11) is 0. The van der Waals surface area contributed by atoms with Crippen LogP contribution in [-0.4, -0.2) is 24.4 Å². The van der Waals surface area contributed by atoms with Crippen LogP contribution in [0.25, 0.3) is 11.1 Å². The number of aromatic nitrogens is 1. The van der Waals surface area contributed by atoms with Crippen LogP contribution in [0.1, 0.15) is 12.5 Å². The van der Waals surface area contributed by atoms with Gasteiger partial charge in [0.25, 0.3) is 0 Å². The smallest absolute Gasteiger partial charge is 0.149 e. The van der Waals surface area contributed by atoms with Crippen LogP contribution in [0.15, 0.2) is 54.9 Å². The van der Waals surface area contributed by atoms with Crippen molar-refractivity contribution >= 4 is 11.4 Å². The van der Waals surface area contributed by atoms with Crippen molar-refractivity contribution in [1.82, 2.24) is 4.98 Å². The number of rotatable bonds is 4. The van der Waals surface area contributed by atoms with Crippen molar-refractivity contribution in [2.45, 2.75) is 19.5 Å². The van der Waals surface area contributed by atoms with Crippen molar-refractivity contribution in [3.05, 3.63) is 66.2 Å². The van der Waals surface area contributed by atoms with Gasteiger partial charge in [-0.05, 0) is 72.5 Å². The van der Waals surface area contributed by atoms with Gasteiger partial charge in [-0.1, -0.05) is 0 Å². The number of nitrogens with zero attached hydrogens (tertiary/aromatic N) is 1. The summed E-state index contributed by atoms with van der Waals surface area (Å²) in [4.78, 5) is 4.03. The van der Waals surface area contributed by atoms with Crippen LogP contribution in [0.4, 0.5) is 15.8 Å². The standard InChI is InChI=1S/C23H22FN3O2/c1-2-28-18-3-4-21-16(10-18)9-17(13-29-21)23-26-20-12-15(11-19(24)22(20)27-23)14-5-7-25-8-6-14/h3-8,10-12,17,23,26-27H,2,9,13H2,1H3. The minimum Gasteiger partial charge on any atom is -0.494 e. The molecular weight excluding hydrogens is 369 g/mol. The maximum absolute atomic E-state index is 14.8. The minimum absolute atomic E-state index is 0.101. The molecule has 0 saturated carbocycles. The van der Waals surface area contributed by atoms with Crippen LogP contribution >= 0.6 is 0 Å². The van der Waals surface area contributed by atoms with Crippen LogP contribution in [0.2, 0.25) is 0 Å². The lowest BCUT2D eigenvalue weighted by Gasteiger charge is -2.30. The zero-order chi connectivity index (χ0) is 19.8. The van der Waals surface area contributed by atoms with E-state index in [4.69, 9.17) is 9.47 Å². The predicted octanol–water partition coefficient (Wildman–Crippen LogP) is 4.70. The molecule has 1 aromatic heterocycles. The molecule has 2 unspecified atom stereocenters. The van der Waals surface area contributed by atoms with Gasteiger partial charge in [0.2, 0.25) is 0 Å². The van der Waals surface area contributed by atoms with E-state index < -0.39 is 0 Å². The summed E-state index contributed by atoms with van der Waals surface area (Å²) in [6.45, 7) is 3.17. The van der Waals surface area contributed by atoms with Gasteiger partial charge in [-0.3, -0.25) is 4.98 Å². The van der Waals surface area contributed by atoms with E-state index in [0.717, 1.165) is 40.3 Å². The molecule has 5 rings (SSSR count). The Labute approximate surface area is 168 Å². The first-order valence-electron chi connectivity index (χ1n) is 9.87. The van der Waals surface area contributed by atoms with Crippen LogP contribution < -0.4 is 20.1 Å². The Kier molecular flexibility index (Phi) is 4.46. The van der Waals surface area contributed by atoms with Gasteiger partial charge in [0.15, 0.2) is 0 Å².